The highest BCUT2D eigenvalue weighted by Crippen LogP contribution is 2.38. The first kappa shape index (κ1) is 17.4. The first-order chi connectivity index (χ1) is 11.3. The molecule has 2 aromatic rings. The van der Waals surface area contributed by atoms with Crippen molar-refractivity contribution < 1.29 is 9.84 Å². The topological polar surface area (TPSA) is 29.5 Å². The van der Waals surface area contributed by atoms with Crippen molar-refractivity contribution in [3.05, 3.63) is 54.1 Å². The number of phenols is 1. The molecule has 2 nitrogen and oxygen atoms in total. The fraction of sp³-hybridized carbons (Fsp3) is 0.429. The number of unbranched alkanes of at least 4 members (excludes halogenated alkanes) is 2. The normalized spacial score (nSPS) is 10.9. The number of aromatic hydroxyl groups is 1. The summed E-state index contributed by atoms with van der Waals surface area (Å²) in [4.78, 5) is 0. The fourth-order valence-corrected chi connectivity index (χ4v) is 2.93. The SMILES string of the molecule is CCCCC(CCCC)c1ccccc1Oc1ccccc1O. The van der Waals surface area contributed by atoms with Gasteiger partial charge in [-0.05, 0) is 42.5 Å². The van der Waals surface area contributed by atoms with Crippen LogP contribution in [0.4, 0.5) is 0 Å². The molecule has 0 aliphatic carbocycles. The third kappa shape index (κ3) is 5.02. The minimum absolute atomic E-state index is 0.181. The number of benzene rings is 2. The standard InChI is InChI=1S/C21H28O2/c1-3-5-11-17(12-6-4-2)18-13-7-9-15-20(18)23-21-16-10-8-14-19(21)22/h7-10,13-17,22H,3-6,11-12H2,1-2H3. The van der Waals surface area contributed by atoms with Gasteiger partial charge < -0.3 is 9.84 Å². The lowest BCUT2D eigenvalue weighted by Gasteiger charge is -2.20. The van der Waals surface area contributed by atoms with Gasteiger partial charge in [-0.25, -0.2) is 0 Å². The van der Waals surface area contributed by atoms with Crippen molar-refractivity contribution in [2.45, 2.75) is 58.3 Å². The van der Waals surface area contributed by atoms with Crippen molar-refractivity contribution in [1.29, 1.82) is 0 Å². The first-order valence-electron chi connectivity index (χ1n) is 8.81. The molecule has 1 N–H and O–H groups in total. The molecule has 23 heavy (non-hydrogen) atoms. The Morgan fingerprint density at radius 3 is 2.00 bits per heavy atom. The second-order valence-corrected chi connectivity index (χ2v) is 6.09. The van der Waals surface area contributed by atoms with Crippen LogP contribution in [0, 0.1) is 0 Å². The molecule has 0 fully saturated rings. The molecule has 0 saturated carbocycles. The van der Waals surface area contributed by atoms with E-state index in [0.29, 0.717) is 11.7 Å². The van der Waals surface area contributed by atoms with Gasteiger partial charge in [-0.15, -0.1) is 0 Å². The number of hydrogen-bond acceptors (Lipinski definition) is 2. The van der Waals surface area contributed by atoms with Gasteiger partial charge in [0.15, 0.2) is 11.5 Å². The van der Waals surface area contributed by atoms with Crippen LogP contribution in [0.2, 0.25) is 0 Å². The summed E-state index contributed by atoms with van der Waals surface area (Å²) >= 11 is 0. The summed E-state index contributed by atoms with van der Waals surface area (Å²) in [5.74, 6) is 2.09. The summed E-state index contributed by atoms with van der Waals surface area (Å²) in [5, 5.41) is 9.96. The highest BCUT2D eigenvalue weighted by molar-refractivity contribution is 5.45. The van der Waals surface area contributed by atoms with Gasteiger partial charge in [-0.3, -0.25) is 0 Å². The molecule has 2 aromatic carbocycles. The average Bonchev–Trinajstić information content (AvgIpc) is 2.58. The quantitative estimate of drug-likeness (QED) is 0.561. The zero-order valence-electron chi connectivity index (χ0n) is 14.3. The number of rotatable bonds is 9. The number of ether oxygens (including phenoxy) is 1. The van der Waals surface area contributed by atoms with Crippen molar-refractivity contribution in [1.82, 2.24) is 0 Å². The van der Waals surface area contributed by atoms with E-state index in [4.69, 9.17) is 4.74 Å². The molecular weight excluding hydrogens is 284 g/mol. The van der Waals surface area contributed by atoms with Crippen LogP contribution in [0.25, 0.3) is 0 Å². The van der Waals surface area contributed by atoms with E-state index in [9.17, 15) is 5.11 Å². The molecule has 0 spiro atoms. The number of para-hydroxylation sites is 3. The van der Waals surface area contributed by atoms with E-state index in [1.807, 2.05) is 18.2 Å². The van der Waals surface area contributed by atoms with Crippen LogP contribution in [-0.2, 0) is 0 Å². The van der Waals surface area contributed by atoms with E-state index < -0.39 is 0 Å². The smallest absolute Gasteiger partial charge is 0.169 e. The third-order valence-electron chi connectivity index (χ3n) is 4.26. The maximum Gasteiger partial charge on any atom is 0.169 e. The summed E-state index contributed by atoms with van der Waals surface area (Å²) in [6, 6.07) is 15.4. The molecular formula is C21H28O2. The molecule has 0 unspecified atom stereocenters. The van der Waals surface area contributed by atoms with Gasteiger partial charge in [0.1, 0.15) is 5.75 Å². The molecule has 2 rings (SSSR count). The van der Waals surface area contributed by atoms with Crippen LogP contribution < -0.4 is 4.74 Å². The van der Waals surface area contributed by atoms with Crippen LogP contribution in [0.1, 0.15) is 63.9 Å². The van der Waals surface area contributed by atoms with E-state index in [1.54, 1.807) is 18.2 Å². The van der Waals surface area contributed by atoms with Crippen molar-refractivity contribution in [3.8, 4) is 17.2 Å². The molecule has 0 aliphatic heterocycles. The predicted octanol–water partition coefficient (Wildman–Crippen LogP) is 6.65. The van der Waals surface area contributed by atoms with Crippen molar-refractivity contribution in [3.63, 3.8) is 0 Å². The molecule has 0 radical (unpaired) electrons. The highest BCUT2D eigenvalue weighted by Gasteiger charge is 2.16. The minimum Gasteiger partial charge on any atom is -0.504 e. The fourth-order valence-electron chi connectivity index (χ4n) is 2.93. The second-order valence-electron chi connectivity index (χ2n) is 6.09. The largest absolute Gasteiger partial charge is 0.504 e. The zero-order chi connectivity index (χ0) is 16.5. The van der Waals surface area contributed by atoms with E-state index in [-0.39, 0.29) is 5.75 Å². The average molecular weight is 312 g/mol. The Morgan fingerprint density at radius 1 is 0.826 bits per heavy atom. The predicted molar refractivity (Wildman–Crippen MR) is 96.4 cm³/mol. The molecule has 0 bridgehead atoms. The maximum atomic E-state index is 9.96. The lowest BCUT2D eigenvalue weighted by atomic mass is 9.88. The van der Waals surface area contributed by atoms with Gasteiger partial charge in [0.2, 0.25) is 0 Å². The van der Waals surface area contributed by atoms with Crippen LogP contribution in [0.5, 0.6) is 17.2 Å². The summed E-state index contributed by atoms with van der Waals surface area (Å²) in [6.45, 7) is 4.47. The number of hydrogen-bond donors (Lipinski definition) is 1. The van der Waals surface area contributed by atoms with Crippen LogP contribution >= 0.6 is 0 Å². The molecule has 0 aromatic heterocycles. The van der Waals surface area contributed by atoms with Crippen LogP contribution in [-0.4, -0.2) is 5.11 Å². The molecule has 0 aliphatic rings. The minimum atomic E-state index is 0.181. The second kappa shape index (κ2) is 9.24. The summed E-state index contributed by atoms with van der Waals surface area (Å²) < 4.78 is 6.03. The van der Waals surface area contributed by atoms with E-state index in [1.165, 1.54) is 44.1 Å². The highest BCUT2D eigenvalue weighted by atomic mass is 16.5. The van der Waals surface area contributed by atoms with E-state index in [0.717, 1.165) is 5.75 Å². The first-order valence-corrected chi connectivity index (χ1v) is 8.81. The van der Waals surface area contributed by atoms with E-state index in [2.05, 4.69) is 26.0 Å². The monoisotopic (exact) mass is 312 g/mol. The Balaban J connectivity index is 2.24. The van der Waals surface area contributed by atoms with Gasteiger partial charge in [-0.1, -0.05) is 69.9 Å². The van der Waals surface area contributed by atoms with Gasteiger partial charge in [0.05, 0.1) is 0 Å². The molecule has 0 heterocycles. The summed E-state index contributed by atoms with van der Waals surface area (Å²) in [7, 11) is 0. The molecule has 124 valence electrons. The van der Waals surface area contributed by atoms with Crippen molar-refractivity contribution in [2.24, 2.45) is 0 Å². The Labute approximate surface area is 140 Å². The Bertz CT molecular complexity index is 584. The van der Waals surface area contributed by atoms with Crippen LogP contribution in [0.15, 0.2) is 48.5 Å². The maximum absolute atomic E-state index is 9.96. The lowest BCUT2D eigenvalue weighted by Crippen LogP contribution is -2.02. The van der Waals surface area contributed by atoms with Gasteiger partial charge >= 0.3 is 0 Å². The Hall–Kier alpha value is -1.96. The number of phenolic OH excluding ortho intramolecular Hbond substituents is 1. The molecule has 0 saturated heterocycles. The molecule has 0 atom stereocenters. The lowest BCUT2D eigenvalue weighted by molar-refractivity contribution is 0.403. The Morgan fingerprint density at radius 2 is 1.39 bits per heavy atom. The summed E-state index contributed by atoms with van der Waals surface area (Å²) in [5.41, 5.74) is 1.26. The van der Waals surface area contributed by atoms with Gasteiger partial charge in [-0.2, -0.15) is 0 Å². The van der Waals surface area contributed by atoms with E-state index >= 15 is 0 Å². The Kier molecular flexibility index (Phi) is 6.99. The van der Waals surface area contributed by atoms with Crippen molar-refractivity contribution >= 4 is 0 Å². The van der Waals surface area contributed by atoms with Crippen LogP contribution in [0.3, 0.4) is 0 Å². The zero-order valence-corrected chi connectivity index (χ0v) is 14.3. The van der Waals surface area contributed by atoms with Crippen molar-refractivity contribution in [2.75, 3.05) is 0 Å². The van der Waals surface area contributed by atoms with Gasteiger partial charge in [0.25, 0.3) is 0 Å². The third-order valence-corrected chi connectivity index (χ3v) is 4.26. The summed E-state index contributed by atoms with van der Waals surface area (Å²) in [6.07, 6.45) is 7.28. The molecule has 0 amide bonds. The van der Waals surface area contributed by atoms with Gasteiger partial charge in [0, 0.05) is 0 Å². The molecule has 2 heteroatoms.